The Morgan fingerprint density at radius 2 is 1.96 bits per heavy atom. The molecule has 0 aliphatic rings. The highest BCUT2D eigenvalue weighted by atomic mass is 32.1. The Hall–Kier alpha value is -2.79. The molecule has 4 rings (SSSR count). The van der Waals surface area contributed by atoms with Crippen LogP contribution < -0.4 is 5.32 Å². The first-order chi connectivity index (χ1) is 11.8. The molecule has 24 heavy (non-hydrogen) atoms. The Morgan fingerprint density at radius 3 is 2.83 bits per heavy atom. The van der Waals surface area contributed by atoms with Gasteiger partial charge in [-0.3, -0.25) is 4.79 Å². The number of hydrogen-bond donors (Lipinski definition) is 2. The van der Waals surface area contributed by atoms with Gasteiger partial charge in [-0.15, -0.1) is 11.3 Å². The van der Waals surface area contributed by atoms with Crippen molar-refractivity contribution < 1.29 is 4.79 Å². The van der Waals surface area contributed by atoms with Crippen LogP contribution in [0.5, 0.6) is 0 Å². The van der Waals surface area contributed by atoms with Crippen molar-refractivity contribution in [1.82, 2.24) is 14.9 Å². The van der Waals surface area contributed by atoms with Gasteiger partial charge in [-0.1, -0.05) is 18.2 Å². The van der Waals surface area contributed by atoms with Gasteiger partial charge in [-0.05, 0) is 41.6 Å². The maximum absolute atomic E-state index is 12.5. The van der Waals surface area contributed by atoms with Gasteiger partial charge in [-0.25, -0.2) is 0 Å². The fourth-order valence-corrected chi connectivity index (χ4v) is 3.71. The van der Waals surface area contributed by atoms with E-state index in [1.54, 1.807) is 0 Å². The molecule has 0 saturated heterocycles. The molecule has 0 atom stereocenters. The summed E-state index contributed by atoms with van der Waals surface area (Å²) < 4.78 is 1.96. The van der Waals surface area contributed by atoms with E-state index in [1.165, 1.54) is 22.3 Å². The second-order valence-electron chi connectivity index (χ2n) is 5.59. The summed E-state index contributed by atoms with van der Waals surface area (Å²) in [6.07, 6.45) is 6.72. The minimum atomic E-state index is -0.0199. The van der Waals surface area contributed by atoms with E-state index >= 15 is 0 Å². The molecule has 1 aromatic carbocycles. The van der Waals surface area contributed by atoms with Crippen molar-refractivity contribution in [3.8, 4) is 5.69 Å². The third kappa shape index (κ3) is 2.74. The number of nitrogens with one attached hydrogen (secondary N) is 2. The van der Waals surface area contributed by atoms with Gasteiger partial charge in [-0.2, -0.15) is 0 Å². The molecule has 1 amide bonds. The number of aromatic nitrogens is 2. The summed E-state index contributed by atoms with van der Waals surface area (Å²) in [5.74, 6) is -0.0199. The molecule has 0 saturated carbocycles. The number of benzene rings is 1. The summed E-state index contributed by atoms with van der Waals surface area (Å²) in [4.78, 5) is 16.5. The highest BCUT2D eigenvalue weighted by Crippen LogP contribution is 2.21. The average Bonchev–Trinajstić information content (AvgIpc) is 3.34. The molecule has 0 unspecified atom stereocenters. The van der Waals surface area contributed by atoms with Crippen molar-refractivity contribution in [2.24, 2.45) is 0 Å². The molecule has 3 aromatic heterocycles. The third-order valence-electron chi connectivity index (χ3n) is 4.09. The molecule has 0 bridgehead atoms. The number of H-pyrrole nitrogens is 1. The van der Waals surface area contributed by atoms with E-state index in [0.29, 0.717) is 6.54 Å². The van der Waals surface area contributed by atoms with Crippen molar-refractivity contribution in [1.29, 1.82) is 0 Å². The van der Waals surface area contributed by atoms with Crippen molar-refractivity contribution in [2.45, 2.75) is 6.42 Å². The maximum atomic E-state index is 12.5. The lowest BCUT2D eigenvalue weighted by molar-refractivity contribution is 0.0958. The van der Waals surface area contributed by atoms with Crippen molar-refractivity contribution in [3.05, 3.63) is 76.9 Å². The molecule has 3 heterocycles. The number of amides is 1. The largest absolute Gasteiger partial charge is 0.361 e. The first-order valence-corrected chi connectivity index (χ1v) is 8.75. The zero-order valence-electron chi connectivity index (χ0n) is 13.0. The quantitative estimate of drug-likeness (QED) is 0.569. The van der Waals surface area contributed by atoms with Gasteiger partial charge < -0.3 is 14.9 Å². The first kappa shape index (κ1) is 14.8. The van der Waals surface area contributed by atoms with E-state index < -0.39 is 0 Å². The Kier molecular flexibility index (Phi) is 3.92. The van der Waals surface area contributed by atoms with E-state index in [9.17, 15) is 4.79 Å². The van der Waals surface area contributed by atoms with Crippen LogP contribution in [0.25, 0.3) is 16.6 Å². The summed E-state index contributed by atoms with van der Waals surface area (Å²) >= 11 is 1.47. The van der Waals surface area contributed by atoms with Crippen molar-refractivity contribution >= 4 is 28.1 Å². The number of para-hydroxylation sites is 1. The molecule has 2 N–H and O–H groups in total. The minimum absolute atomic E-state index is 0.0199. The summed E-state index contributed by atoms with van der Waals surface area (Å²) in [6, 6.07) is 14.1. The number of fused-ring (bicyclic) bond motifs is 1. The second kappa shape index (κ2) is 6.37. The van der Waals surface area contributed by atoms with Gasteiger partial charge in [0.25, 0.3) is 5.91 Å². The highest BCUT2D eigenvalue weighted by Gasteiger charge is 2.14. The molecule has 0 aliphatic heterocycles. The van der Waals surface area contributed by atoms with Crippen LogP contribution in [0.4, 0.5) is 0 Å². The summed E-state index contributed by atoms with van der Waals surface area (Å²) in [6.45, 7) is 0.615. The third-order valence-corrected chi connectivity index (χ3v) is 4.99. The van der Waals surface area contributed by atoms with Crippen LogP contribution in [0, 0.1) is 0 Å². The Bertz CT molecular complexity index is 966. The minimum Gasteiger partial charge on any atom is -0.361 e. The standard InChI is InChI=1S/C19H17N3OS/c23-19(18-17(8-12-24-18)22-10-3-4-11-22)20-9-7-14-13-21-16-6-2-1-5-15(14)16/h1-6,8,10-13,21H,7,9H2,(H,20,23). The molecular formula is C19H17N3OS. The van der Waals surface area contributed by atoms with Gasteiger partial charge in [0.05, 0.1) is 5.69 Å². The zero-order valence-corrected chi connectivity index (χ0v) is 13.8. The molecule has 0 aliphatic carbocycles. The zero-order chi connectivity index (χ0) is 16.4. The van der Waals surface area contributed by atoms with E-state index in [-0.39, 0.29) is 5.91 Å². The van der Waals surface area contributed by atoms with E-state index in [0.717, 1.165) is 22.5 Å². The van der Waals surface area contributed by atoms with Crippen LogP contribution in [-0.4, -0.2) is 22.0 Å². The van der Waals surface area contributed by atoms with Gasteiger partial charge in [0.15, 0.2) is 0 Å². The van der Waals surface area contributed by atoms with Crippen LogP contribution in [0.15, 0.2) is 66.4 Å². The molecule has 0 spiro atoms. The molecular weight excluding hydrogens is 318 g/mol. The number of carbonyl (C=O) groups excluding carboxylic acids is 1. The fourth-order valence-electron chi connectivity index (χ4n) is 2.90. The lowest BCUT2D eigenvalue weighted by atomic mass is 10.1. The van der Waals surface area contributed by atoms with E-state index in [4.69, 9.17) is 0 Å². The number of thiophene rings is 1. The fraction of sp³-hybridized carbons (Fsp3) is 0.105. The predicted octanol–water partition coefficient (Wildman–Crippen LogP) is 3.99. The van der Waals surface area contributed by atoms with Crippen LogP contribution in [0.1, 0.15) is 15.2 Å². The molecule has 0 fully saturated rings. The van der Waals surface area contributed by atoms with Gasteiger partial charge >= 0.3 is 0 Å². The molecule has 5 heteroatoms. The molecule has 120 valence electrons. The van der Waals surface area contributed by atoms with Gasteiger partial charge in [0, 0.05) is 36.0 Å². The number of hydrogen-bond acceptors (Lipinski definition) is 2. The number of carbonyl (C=O) groups is 1. The van der Waals surface area contributed by atoms with E-state index in [1.807, 2.05) is 58.9 Å². The second-order valence-corrected chi connectivity index (χ2v) is 6.51. The lowest BCUT2D eigenvalue weighted by Gasteiger charge is -2.07. The van der Waals surface area contributed by atoms with Crippen LogP contribution in [0.3, 0.4) is 0 Å². The van der Waals surface area contributed by atoms with Gasteiger partial charge in [0.1, 0.15) is 4.88 Å². The van der Waals surface area contributed by atoms with Crippen molar-refractivity contribution in [2.75, 3.05) is 6.54 Å². The summed E-state index contributed by atoms with van der Waals surface area (Å²) in [5, 5.41) is 6.20. The molecule has 4 aromatic rings. The topological polar surface area (TPSA) is 49.8 Å². The maximum Gasteiger partial charge on any atom is 0.263 e. The number of nitrogens with zero attached hydrogens (tertiary/aromatic N) is 1. The Morgan fingerprint density at radius 1 is 1.12 bits per heavy atom. The SMILES string of the molecule is O=C(NCCc1c[nH]c2ccccc12)c1sccc1-n1cccc1. The monoisotopic (exact) mass is 335 g/mol. The van der Waals surface area contributed by atoms with Crippen molar-refractivity contribution in [3.63, 3.8) is 0 Å². The predicted molar refractivity (Wildman–Crippen MR) is 98.0 cm³/mol. The van der Waals surface area contributed by atoms with E-state index in [2.05, 4.69) is 22.4 Å². The number of aromatic amines is 1. The first-order valence-electron chi connectivity index (χ1n) is 7.87. The normalized spacial score (nSPS) is 11.0. The van der Waals surface area contributed by atoms with Gasteiger partial charge in [0.2, 0.25) is 0 Å². The van der Waals surface area contributed by atoms with Crippen LogP contribution in [-0.2, 0) is 6.42 Å². The number of rotatable bonds is 5. The summed E-state index contributed by atoms with van der Waals surface area (Å²) in [5.41, 5.74) is 3.28. The van der Waals surface area contributed by atoms with Crippen LogP contribution in [0.2, 0.25) is 0 Å². The smallest absolute Gasteiger partial charge is 0.263 e. The summed E-state index contributed by atoms with van der Waals surface area (Å²) in [7, 11) is 0. The molecule has 0 radical (unpaired) electrons. The van der Waals surface area contributed by atoms with Crippen LogP contribution >= 0.6 is 11.3 Å². The lowest BCUT2D eigenvalue weighted by Crippen LogP contribution is -2.25. The highest BCUT2D eigenvalue weighted by molar-refractivity contribution is 7.12. The Balaban J connectivity index is 1.43. The molecule has 4 nitrogen and oxygen atoms in total. The average molecular weight is 335 g/mol. The Labute approximate surface area is 143 Å².